The van der Waals surface area contributed by atoms with E-state index in [1.54, 1.807) is 0 Å². The van der Waals surface area contributed by atoms with Crippen molar-refractivity contribution < 1.29 is 18.0 Å². The van der Waals surface area contributed by atoms with Gasteiger partial charge in [0.15, 0.2) is 5.71 Å². The molecule has 0 aliphatic carbocycles. The lowest BCUT2D eigenvalue weighted by molar-refractivity contribution is -0.117. The van der Waals surface area contributed by atoms with Gasteiger partial charge >= 0.3 is 6.18 Å². The van der Waals surface area contributed by atoms with Crippen molar-refractivity contribution in [1.82, 2.24) is 5.32 Å². The van der Waals surface area contributed by atoms with Crippen molar-refractivity contribution in [3.63, 3.8) is 0 Å². The first-order valence-corrected chi connectivity index (χ1v) is 3.56. The Balaban J connectivity index is 5.15. The van der Waals surface area contributed by atoms with Crippen LogP contribution in [0.1, 0.15) is 0 Å². The highest BCUT2D eigenvalue weighted by molar-refractivity contribution is 6.23. The summed E-state index contributed by atoms with van der Waals surface area (Å²) in [5.74, 6) is -0.926. The van der Waals surface area contributed by atoms with Crippen LogP contribution < -0.4 is 11.1 Å². The Morgan fingerprint density at radius 1 is 1.50 bits per heavy atom. The predicted octanol–water partition coefficient (Wildman–Crippen LogP) is 0.208. The third-order valence-corrected chi connectivity index (χ3v) is 1.39. The second kappa shape index (κ2) is 4.64. The molecule has 0 aromatic carbocycles. The number of nitrogens with zero attached hydrogens (tertiary/aromatic N) is 1. The fourth-order valence-electron chi connectivity index (χ4n) is 0.797. The van der Waals surface area contributed by atoms with Gasteiger partial charge in [0.1, 0.15) is 0 Å². The standard InChI is InChI=1S/C7H10F3N3O/c1-12-5(7(8,9)10)4(3-11)6(14)13-2/h3H,11H2,1-2H3,(H,13,14). The summed E-state index contributed by atoms with van der Waals surface area (Å²) in [4.78, 5) is 13.9. The first kappa shape index (κ1) is 12.5. The summed E-state index contributed by atoms with van der Waals surface area (Å²) in [5.41, 5.74) is 2.93. The van der Waals surface area contributed by atoms with E-state index in [1.165, 1.54) is 7.05 Å². The molecule has 80 valence electrons. The summed E-state index contributed by atoms with van der Waals surface area (Å²) in [6.45, 7) is 0. The molecule has 0 radical (unpaired) electrons. The molecular formula is C7H10F3N3O. The molecule has 1 amide bonds. The van der Waals surface area contributed by atoms with Crippen LogP contribution in [0.3, 0.4) is 0 Å². The summed E-state index contributed by atoms with van der Waals surface area (Å²) in [5, 5.41) is 2.03. The van der Waals surface area contributed by atoms with Crippen LogP contribution in [0.25, 0.3) is 0 Å². The molecule has 0 atom stereocenters. The molecule has 0 aliphatic rings. The number of alkyl halides is 3. The van der Waals surface area contributed by atoms with Crippen LogP contribution in [0.5, 0.6) is 0 Å². The SMILES string of the molecule is CN=C(C(=CN)C(=O)NC)C(F)(F)F. The minimum atomic E-state index is -4.69. The van der Waals surface area contributed by atoms with Crippen molar-refractivity contribution in [2.75, 3.05) is 14.1 Å². The first-order chi connectivity index (χ1) is 6.38. The van der Waals surface area contributed by atoms with Gasteiger partial charge in [-0.1, -0.05) is 0 Å². The fourth-order valence-corrected chi connectivity index (χ4v) is 0.797. The quantitative estimate of drug-likeness (QED) is 0.504. The molecule has 7 heteroatoms. The number of aliphatic imine (C=N–C) groups is 1. The van der Waals surface area contributed by atoms with E-state index in [9.17, 15) is 18.0 Å². The molecule has 0 aromatic heterocycles. The molecule has 0 fully saturated rings. The van der Waals surface area contributed by atoms with E-state index in [0.29, 0.717) is 6.20 Å². The summed E-state index contributed by atoms with van der Waals surface area (Å²) < 4.78 is 36.7. The molecule has 0 saturated carbocycles. The van der Waals surface area contributed by atoms with E-state index in [-0.39, 0.29) is 0 Å². The molecule has 0 rings (SSSR count). The van der Waals surface area contributed by atoms with Crippen LogP contribution in [0, 0.1) is 0 Å². The Labute approximate surface area is 78.7 Å². The van der Waals surface area contributed by atoms with Crippen LogP contribution >= 0.6 is 0 Å². The summed E-state index contributed by atoms with van der Waals surface area (Å²) >= 11 is 0. The topological polar surface area (TPSA) is 67.5 Å². The number of likely N-dealkylation sites (N-methyl/N-ethyl adjacent to an activating group) is 1. The molecule has 4 nitrogen and oxygen atoms in total. The highest BCUT2D eigenvalue weighted by Gasteiger charge is 2.39. The lowest BCUT2D eigenvalue weighted by atomic mass is 10.1. The third kappa shape index (κ3) is 2.75. The second-order valence-electron chi connectivity index (χ2n) is 2.23. The zero-order valence-electron chi connectivity index (χ0n) is 7.64. The number of amides is 1. The Morgan fingerprint density at radius 3 is 2.21 bits per heavy atom. The Bertz CT molecular complexity index is 280. The van der Waals surface area contributed by atoms with Crippen molar-refractivity contribution in [3.05, 3.63) is 11.8 Å². The van der Waals surface area contributed by atoms with Crippen LogP contribution in [-0.4, -0.2) is 31.9 Å². The molecule has 14 heavy (non-hydrogen) atoms. The van der Waals surface area contributed by atoms with Gasteiger partial charge in [-0.2, -0.15) is 13.2 Å². The second-order valence-corrected chi connectivity index (χ2v) is 2.23. The van der Waals surface area contributed by atoms with Gasteiger partial charge in [0.05, 0.1) is 5.57 Å². The van der Waals surface area contributed by atoms with Gasteiger partial charge in [-0.15, -0.1) is 0 Å². The lowest BCUT2D eigenvalue weighted by Crippen LogP contribution is -2.34. The van der Waals surface area contributed by atoms with Crippen molar-refractivity contribution in [1.29, 1.82) is 0 Å². The van der Waals surface area contributed by atoms with Crippen molar-refractivity contribution in [2.24, 2.45) is 10.7 Å². The van der Waals surface area contributed by atoms with E-state index < -0.39 is 23.4 Å². The average Bonchev–Trinajstić information content (AvgIpc) is 2.10. The Kier molecular flexibility index (Phi) is 4.13. The molecule has 0 bridgehead atoms. The highest BCUT2D eigenvalue weighted by Crippen LogP contribution is 2.21. The summed E-state index contributed by atoms with van der Waals surface area (Å²) in [7, 11) is 2.14. The average molecular weight is 209 g/mol. The summed E-state index contributed by atoms with van der Waals surface area (Å²) in [6.07, 6.45) is -4.11. The number of carbonyl (C=O) groups is 1. The minimum absolute atomic E-state index is 0.578. The maximum atomic E-state index is 12.2. The van der Waals surface area contributed by atoms with E-state index in [4.69, 9.17) is 5.73 Å². The van der Waals surface area contributed by atoms with Gasteiger partial charge in [-0.3, -0.25) is 9.79 Å². The van der Waals surface area contributed by atoms with Gasteiger partial charge in [-0.25, -0.2) is 0 Å². The molecular weight excluding hydrogens is 199 g/mol. The number of rotatable bonds is 2. The number of carbonyl (C=O) groups excluding carboxylic acids is 1. The normalized spacial score (nSPS) is 14.1. The first-order valence-electron chi connectivity index (χ1n) is 3.56. The maximum absolute atomic E-state index is 12.2. The van der Waals surface area contributed by atoms with E-state index in [0.717, 1.165) is 7.05 Å². The van der Waals surface area contributed by atoms with Crippen molar-refractivity contribution in [2.45, 2.75) is 6.18 Å². The number of hydrogen-bond donors (Lipinski definition) is 2. The minimum Gasteiger partial charge on any atom is -0.404 e. The van der Waals surface area contributed by atoms with E-state index in [2.05, 4.69) is 4.99 Å². The molecule has 0 unspecified atom stereocenters. The zero-order chi connectivity index (χ0) is 11.4. The third-order valence-electron chi connectivity index (χ3n) is 1.39. The van der Waals surface area contributed by atoms with Crippen LogP contribution in [-0.2, 0) is 4.79 Å². The van der Waals surface area contributed by atoms with Gasteiger partial charge in [0.25, 0.3) is 5.91 Å². The van der Waals surface area contributed by atoms with E-state index >= 15 is 0 Å². The van der Waals surface area contributed by atoms with Gasteiger partial charge < -0.3 is 11.1 Å². The maximum Gasteiger partial charge on any atom is 0.433 e. The Hall–Kier alpha value is -1.53. The fraction of sp³-hybridized carbons (Fsp3) is 0.429. The highest BCUT2D eigenvalue weighted by atomic mass is 19.4. The summed E-state index contributed by atoms with van der Waals surface area (Å²) in [6, 6.07) is 0. The molecule has 0 heterocycles. The van der Waals surface area contributed by atoms with Gasteiger partial charge in [0, 0.05) is 20.3 Å². The zero-order valence-corrected chi connectivity index (χ0v) is 7.64. The van der Waals surface area contributed by atoms with Crippen molar-refractivity contribution >= 4 is 11.6 Å². The van der Waals surface area contributed by atoms with Crippen LogP contribution in [0.4, 0.5) is 13.2 Å². The monoisotopic (exact) mass is 209 g/mol. The lowest BCUT2D eigenvalue weighted by Gasteiger charge is -2.11. The largest absolute Gasteiger partial charge is 0.433 e. The molecule has 0 aromatic rings. The molecule has 0 spiro atoms. The van der Waals surface area contributed by atoms with Crippen LogP contribution in [0.15, 0.2) is 16.8 Å². The predicted molar refractivity (Wildman–Crippen MR) is 45.8 cm³/mol. The van der Waals surface area contributed by atoms with Crippen molar-refractivity contribution in [3.8, 4) is 0 Å². The van der Waals surface area contributed by atoms with Gasteiger partial charge in [0.2, 0.25) is 0 Å². The number of nitrogens with two attached hydrogens (primary N) is 1. The number of halogens is 3. The van der Waals surface area contributed by atoms with Crippen LogP contribution in [0.2, 0.25) is 0 Å². The number of nitrogens with one attached hydrogen (secondary N) is 1. The van der Waals surface area contributed by atoms with Gasteiger partial charge in [-0.05, 0) is 0 Å². The molecule has 3 N–H and O–H groups in total. The molecule has 0 saturated heterocycles. The smallest absolute Gasteiger partial charge is 0.404 e. The Morgan fingerprint density at radius 2 is 2.00 bits per heavy atom. The number of hydrogen-bond acceptors (Lipinski definition) is 3. The molecule has 0 aliphatic heterocycles. The van der Waals surface area contributed by atoms with E-state index in [1.807, 2.05) is 5.32 Å².